The first-order valence-electron chi connectivity index (χ1n) is 13.1. The predicted octanol–water partition coefficient (Wildman–Crippen LogP) is 3.71. The standard InChI is InChI=1S/C28H36N4O6/c1-6-36-24-10-9-19(15-25(24)37-7-2)26(33)29-20-16-22-23(31(5)28(35)30(22)4)17-21(20)32-13-11-18(12-14-32)27(34)38-8-3/h9-10,15-18H,6-8,11-14H2,1-5H3,(H,29,33). The Morgan fingerprint density at radius 3 is 2.16 bits per heavy atom. The Balaban J connectivity index is 1.68. The van der Waals surface area contributed by atoms with Crippen molar-refractivity contribution in [1.82, 2.24) is 9.13 Å². The first kappa shape index (κ1) is 27.1. The molecule has 1 fully saturated rings. The fourth-order valence-corrected chi connectivity index (χ4v) is 4.90. The van der Waals surface area contributed by atoms with Gasteiger partial charge in [0.25, 0.3) is 5.91 Å². The van der Waals surface area contributed by atoms with Crippen molar-refractivity contribution in [2.45, 2.75) is 33.6 Å². The SMILES string of the molecule is CCOC(=O)C1CCN(c2cc3c(cc2NC(=O)c2ccc(OCC)c(OCC)c2)n(C)c(=O)n3C)CC1. The number of piperidine rings is 1. The van der Waals surface area contributed by atoms with Gasteiger partial charge in [0.15, 0.2) is 11.5 Å². The molecule has 1 N–H and O–H groups in total. The highest BCUT2D eigenvalue weighted by atomic mass is 16.5. The highest BCUT2D eigenvalue weighted by molar-refractivity contribution is 6.07. The minimum absolute atomic E-state index is 0.144. The number of rotatable bonds is 9. The van der Waals surface area contributed by atoms with Gasteiger partial charge in [-0.05, 0) is 63.9 Å². The van der Waals surface area contributed by atoms with Crippen LogP contribution < -0.4 is 25.4 Å². The summed E-state index contributed by atoms with van der Waals surface area (Å²) in [6, 6.07) is 8.87. The van der Waals surface area contributed by atoms with Crippen LogP contribution in [0.25, 0.3) is 11.0 Å². The topological polar surface area (TPSA) is 104 Å². The first-order valence-corrected chi connectivity index (χ1v) is 13.1. The molecule has 0 spiro atoms. The number of nitrogens with zero attached hydrogens (tertiary/aromatic N) is 3. The quantitative estimate of drug-likeness (QED) is 0.426. The maximum Gasteiger partial charge on any atom is 0.328 e. The van der Waals surface area contributed by atoms with E-state index in [1.165, 1.54) is 0 Å². The van der Waals surface area contributed by atoms with Gasteiger partial charge in [-0.1, -0.05) is 0 Å². The van der Waals surface area contributed by atoms with Crippen molar-refractivity contribution in [3.05, 3.63) is 46.4 Å². The average molecular weight is 525 g/mol. The number of aromatic nitrogens is 2. The molecule has 1 aliphatic heterocycles. The Kier molecular flexibility index (Phi) is 8.29. The van der Waals surface area contributed by atoms with Crippen LogP contribution in [0.2, 0.25) is 0 Å². The molecule has 204 valence electrons. The molecule has 0 atom stereocenters. The molecule has 0 unspecified atom stereocenters. The summed E-state index contributed by atoms with van der Waals surface area (Å²) in [7, 11) is 3.44. The van der Waals surface area contributed by atoms with Crippen molar-refractivity contribution < 1.29 is 23.8 Å². The molecule has 38 heavy (non-hydrogen) atoms. The third-order valence-electron chi connectivity index (χ3n) is 6.90. The van der Waals surface area contributed by atoms with Gasteiger partial charge >= 0.3 is 11.7 Å². The number of carbonyl (C=O) groups excluding carboxylic acids is 2. The van der Waals surface area contributed by atoms with E-state index in [1.807, 2.05) is 32.9 Å². The van der Waals surface area contributed by atoms with E-state index in [4.69, 9.17) is 14.2 Å². The molecule has 0 bridgehead atoms. The van der Waals surface area contributed by atoms with E-state index in [0.717, 1.165) is 11.2 Å². The second-order valence-electron chi connectivity index (χ2n) is 9.25. The zero-order valence-corrected chi connectivity index (χ0v) is 22.7. The monoisotopic (exact) mass is 524 g/mol. The maximum absolute atomic E-state index is 13.4. The Morgan fingerprint density at radius 1 is 0.895 bits per heavy atom. The molecule has 10 nitrogen and oxygen atoms in total. The van der Waals surface area contributed by atoms with Crippen LogP contribution in [0.3, 0.4) is 0 Å². The van der Waals surface area contributed by atoms with Gasteiger partial charge in [-0.25, -0.2) is 4.79 Å². The molecule has 1 aliphatic rings. The van der Waals surface area contributed by atoms with Crippen molar-refractivity contribution in [2.75, 3.05) is 43.1 Å². The summed E-state index contributed by atoms with van der Waals surface area (Å²) < 4.78 is 19.7. The number of hydrogen-bond acceptors (Lipinski definition) is 7. The fraction of sp³-hybridized carbons (Fsp3) is 0.464. The Hall–Kier alpha value is -3.95. The minimum Gasteiger partial charge on any atom is -0.490 e. The van der Waals surface area contributed by atoms with E-state index < -0.39 is 0 Å². The molecule has 0 radical (unpaired) electrons. The van der Waals surface area contributed by atoms with E-state index in [1.54, 1.807) is 41.4 Å². The number of nitrogens with one attached hydrogen (secondary N) is 1. The van der Waals surface area contributed by atoms with E-state index in [9.17, 15) is 14.4 Å². The van der Waals surface area contributed by atoms with Crippen molar-refractivity contribution in [1.29, 1.82) is 0 Å². The molecule has 1 saturated heterocycles. The number of carbonyl (C=O) groups is 2. The molecule has 2 heterocycles. The lowest BCUT2D eigenvalue weighted by molar-refractivity contribution is -0.148. The average Bonchev–Trinajstić information content (AvgIpc) is 3.12. The summed E-state index contributed by atoms with van der Waals surface area (Å²) in [5.74, 6) is 0.468. The van der Waals surface area contributed by atoms with E-state index >= 15 is 0 Å². The number of fused-ring (bicyclic) bond motifs is 1. The van der Waals surface area contributed by atoms with Gasteiger partial charge in [-0.3, -0.25) is 18.7 Å². The summed E-state index contributed by atoms with van der Waals surface area (Å²) in [5.41, 5.74) is 3.13. The molecule has 3 aromatic rings. The summed E-state index contributed by atoms with van der Waals surface area (Å²) in [6.45, 7) is 8.10. The molecule has 1 amide bonds. The molecular weight excluding hydrogens is 488 g/mol. The van der Waals surface area contributed by atoms with Gasteiger partial charge in [-0.15, -0.1) is 0 Å². The smallest absolute Gasteiger partial charge is 0.328 e. The Labute approximate surface area is 222 Å². The molecular formula is C28H36N4O6. The lowest BCUT2D eigenvalue weighted by atomic mass is 9.96. The molecule has 2 aromatic carbocycles. The summed E-state index contributed by atoms with van der Waals surface area (Å²) in [4.78, 5) is 40.5. The zero-order valence-electron chi connectivity index (χ0n) is 22.7. The van der Waals surface area contributed by atoms with Crippen LogP contribution in [0.4, 0.5) is 11.4 Å². The second-order valence-corrected chi connectivity index (χ2v) is 9.25. The van der Waals surface area contributed by atoms with Gasteiger partial charge in [0.1, 0.15) is 0 Å². The number of esters is 1. The molecule has 0 aliphatic carbocycles. The van der Waals surface area contributed by atoms with Crippen molar-refractivity contribution >= 4 is 34.3 Å². The van der Waals surface area contributed by atoms with E-state index in [0.29, 0.717) is 74.0 Å². The Bertz CT molecular complexity index is 1380. The van der Waals surface area contributed by atoms with Gasteiger partial charge in [0.2, 0.25) is 0 Å². The molecule has 1 aromatic heterocycles. The normalized spacial score (nSPS) is 14.0. The first-order chi connectivity index (χ1) is 18.3. The zero-order chi connectivity index (χ0) is 27.4. The highest BCUT2D eigenvalue weighted by Gasteiger charge is 2.28. The Morgan fingerprint density at radius 2 is 1.53 bits per heavy atom. The number of hydrogen-bond donors (Lipinski definition) is 1. The molecule has 10 heteroatoms. The summed E-state index contributed by atoms with van der Waals surface area (Å²) >= 11 is 0. The number of anilines is 2. The number of aryl methyl sites for hydroxylation is 2. The lowest BCUT2D eigenvalue weighted by Crippen LogP contribution is -2.37. The van der Waals surface area contributed by atoms with Gasteiger partial charge in [-0.2, -0.15) is 0 Å². The van der Waals surface area contributed by atoms with E-state index in [-0.39, 0.29) is 23.5 Å². The van der Waals surface area contributed by atoms with Crippen LogP contribution in [-0.4, -0.2) is 53.9 Å². The van der Waals surface area contributed by atoms with Gasteiger partial charge < -0.3 is 24.4 Å². The van der Waals surface area contributed by atoms with Crippen LogP contribution in [0.15, 0.2) is 35.1 Å². The van der Waals surface area contributed by atoms with Crippen LogP contribution >= 0.6 is 0 Å². The second kappa shape index (κ2) is 11.6. The summed E-state index contributed by atoms with van der Waals surface area (Å²) in [6.07, 6.45) is 1.29. The maximum atomic E-state index is 13.4. The molecule has 0 saturated carbocycles. The van der Waals surface area contributed by atoms with Gasteiger partial charge in [0.05, 0.1) is 48.1 Å². The van der Waals surface area contributed by atoms with Crippen LogP contribution in [0.1, 0.15) is 44.0 Å². The third-order valence-corrected chi connectivity index (χ3v) is 6.90. The van der Waals surface area contributed by atoms with Crippen LogP contribution in [-0.2, 0) is 23.6 Å². The number of ether oxygens (including phenoxy) is 3. The van der Waals surface area contributed by atoms with Crippen molar-refractivity contribution in [2.24, 2.45) is 20.0 Å². The largest absolute Gasteiger partial charge is 0.490 e. The number of benzene rings is 2. The minimum atomic E-state index is -0.308. The lowest BCUT2D eigenvalue weighted by Gasteiger charge is -2.34. The number of amides is 1. The van der Waals surface area contributed by atoms with Crippen molar-refractivity contribution in [3.8, 4) is 11.5 Å². The fourth-order valence-electron chi connectivity index (χ4n) is 4.90. The molecule has 4 rings (SSSR count). The van der Waals surface area contributed by atoms with Crippen molar-refractivity contribution in [3.63, 3.8) is 0 Å². The third kappa shape index (κ3) is 5.34. The van der Waals surface area contributed by atoms with Gasteiger partial charge in [0, 0.05) is 32.7 Å². The van der Waals surface area contributed by atoms with E-state index in [2.05, 4.69) is 10.2 Å². The van der Waals surface area contributed by atoms with Crippen LogP contribution in [0.5, 0.6) is 11.5 Å². The predicted molar refractivity (Wildman–Crippen MR) is 146 cm³/mol. The summed E-state index contributed by atoms with van der Waals surface area (Å²) in [5, 5.41) is 3.05. The highest BCUT2D eigenvalue weighted by Crippen LogP contribution is 2.35. The van der Waals surface area contributed by atoms with Crippen LogP contribution in [0, 0.1) is 5.92 Å². The number of imidazole rings is 1.